The number of guanidine groups is 1. The average molecular weight is 432 g/mol. The first-order valence-corrected chi connectivity index (χ1v) is 11.9. The molecule has 2 fully saturated rings. The highest BCUT2D eigenvalue weighted by Gasteiger charge is 2.16. The van der Waals surface area contributed by atoms with Crippen molar-refractivity contribution in [2.45, 2.75) is 32.9 Å². The lowest BCUT2D eigenvalue weighted by atomic mass is 10.1. The van der Waals surface area contributed by atoms with Gasteiger partial charge in [-0.05, 0) is 30.5 Å². The lowest BCUT2D eigenvalue weighted by molar-refractivity contribution is 0.0888. The molecule has 1 unspecified atom stereocenters. The molecular formula is C24H41N5O2. The quantitative estimate of drug-likeness (QED) is 0.317. The molecule has 7 heteroatoms. The summed E-state index contributed by atoms with van der Waals surface area (Å²) in [5.41, 5.74) is 2.66. The van der Waals surface area contributed by atoms with E-state index >= 15 is 0 Å². The van der Waals surface area contributed by atoms with Gasteiger partial charge in [0.25, 0.3) is 0 Å². The van der Waals surface area contributed by atoms with E-state index < -0.39 is 0 Å². The third-order valence-electron chi connectivity index (χ3n) is 6.16. The highest BCUT2D eigenvalue weighted by molar-refractivity contribution is 5.79. The van der Waals surface area contributed by atoms with E-state index in [1.165, 1.54) is 37.3 Å². The first-order chi connectivity index (χ1) is 15.3. The monoisotopic (exact) mass is 431 g/mol. The third kappa shape index (κ3) is 8.77. The van der Waals surface area contributed by atoms with Gasteiger partial charge in [-0.15, -0.1) is 0 Å². The fraction of sp³-hybridized carbons (Fsp3) is 0.708. The van der Waals surface area contributed by atoms with Crippen LogP contribution in [-0.4, -0.2) is 88.5 Å². The lowest BCUT2D eigenvalue weighted by Gasteiger charge is -2.34. The Balaban J connectivity index is 1.27. The molecule has 0 spiro atoms. The summed E-state index contributed by atoms with van der Waals surface area (Å²) in [5, 5.41) is 6.76. The molecule has 0 radical (unpaired) electrons. The SMILES string of the molecule is CCN1CCN(Cc2ccc(CNC(=NC)NCCCOCC3CCOC3)cc2)CC1. The number of likely N-dealkylation sites (N-methyl/N-ethyl adjacent to an activating group) is 1. The maximum Gasteiger partial charge on any atom is 0.191 e. The number of nitrogens with one attached hydrogen (secondary N) is 2. The van der Waals surface area contributed by atoms with E-state index in [0.717, 1.165) is 71.4 Å². The molecule has 7 nitrogen and oxygen atoms in total. The molecular weight excluding hydrogens is 390 g/mol. The molecule has 1 atom stereocenters. The Morgan fingerprint density at radius 3 is 2.52 bits per heavy atom. The largest absolute Gasteiger partial charge is 0.381 e. The molecule has 2 N–H and O–H groups in total. The minimum atomic E-state index is 0.583. The summed E-state index contributed by atoms with van der Waals surface area (Å²) in [7, 11) is 1.81. The van der Waals surface area contributed by atoms with Crippen molar-refractivity contribution in [1.29, 1.82) is 0 Å². The highest BCUT2D eigenvalue weighted by atomic mass is 16.5. The summed E-state index contributed by atoms with van der Waals surface area (Å²) in [6.07, 6.45) is 2.10. The second-order valence-electron chi connectivity index (χ2n) is 8.54. The zero-order valence-electron chi connectivity index (χ0n) is 19.4. The molecule has 31 heavy (non-hydrogen) atoms. The zero-order chi connectivity index (χ0) is 21.7. The van der Waals surface area contributed by atoms with Crippen molar-refractivity contribution in [3.63, 3.8) is 0 Å². The van der Waals surface area contributed by atoms with Crippen LogP contribution in [0, 0.1) is 5.92 Å². The molecule has 2 aliphatic rings. The van der Waals surface area contributed by atoms with Crippen LogP contribution in [0.4, 0.5) is 0 Å². The molecule has 0 aliphatic carbocycles. The summed E-state index contributed by atoms with van der Waals surface area (Å²) < 4.78 is 11.1. The van der Waals surface area contributed by atoms with Crippen molar-refractivity contribution in [3.05, 3.63) is 35.4 Å². The number of nitrogens with zero attached hydrogens (tertiary/aromatic N) is 3. The van der Waals surface area contributed by atoms with Gasteiger partial charge >= 0.3 is 0 Å². The Bertz CT molecular complexity index is 638. The minimum Gasteiger partial charge on any atom is -0.381 e. The van der Waals surface area contributed by atoms with Crippen molar-refractivity contribution in [3.8, 4) is 0 Å². The van der Waals surface area contributed by atoms with Gasteiger partial charge in [0.05, 0.1) is 13.2 Å². The van der Waals surface area contributed by atoms with E-state index in [1.54, 1.807) is 0 Å². The third-order valence-corrected chi connectivity index (χ3v) is 6.16. The Hall–Kier alpha value is -1.67. The number of aliphatic imine (C=N–C) groups is 1. The first kappa shape index (κ1) is 24.0. The molecule has 3 rings (SSSR count). The van der Waals surface area contributed by atoms with E-state index in [-0.39, 0.29) is 0 Å². The van der Waals surface area contributed by atoms with E-state index in [0.29, 0.717) is 5.92 Å². The first-order valence-electron chi connectivity index (χ1n) is 11.9. The maximum atomic E-state index is 5.75. The van der Waals surface area contributed by atoms with Crippen LogP contribution in [0.15, 0.2) is 29.3 Å². The second-order valence-corrected chi connectivity index (χ2v) is 8.54. The van der Waals surface area contributed by atoms with Gasteiger partial charge in [-0.3, -0.25) is 9.89 Å². The lowest BCUT2D eigenvalue weighted by Crippen LogP contribution is -2.45. The maximum absolute atomic E-state index is 5.75. The van der Waals surface area contributed by atoms with Crippen molar-refractivity contribution < 1.29 is 9.47 Å². The molecule has 2 heterocycles. The molecule has 0 amide bonds. The summed E-state index contributed by atoms with van der Waals surface area (Å²) >= 11 is 0. The molecule has 0 aromatic heterocycles. The smallest absolute Gasteiger partial charge is 0.191 e. The highest BCUT2D eigenvalue weighted by Crippen LogP contribution is 2.12. The van der Waals surface area contributed by atoms with Crippen LogP contribution < -0.4 is 10.6 Å². The Labute approximate surface area is 188 Å². The van der Waals surface area contributed by atoms with Gasteiger partial charge in [0, 0.05) is 72.0 Å². The predicted octanol–water partition coefficient (Wildman–Crippen LogP) is 1.93. The van der Waals surface area contributed by atoms with Crippen LogP contribution in [0.5, 0.6) is 0 Å². The van der Waals surface area contributed by atoms with Crippen LogP contribution >= 0.6 is 0 Å². The summed E-state index contributed by atoms with van der Waals surface area (Å²) in [6.45, 7) is 14.1. The van der Waals surface area contributed by atoms with Crippen LogP contribution in [0.25, 0.3) is 0 Å². The molecule has 1 aromatic carbocycles. The topological polar surface area (TPSA) is 61.4 Å². The molecule has 1 aromatic rings. The van der Waals surface area contributed by atoms with E-state index in [4.69, 9.17) is 9.47 Å². The molecule has 0 bridgehead atoms. The summed E-state index contributed by atoms with van der Waals surface area (Å²) in [5.74, 6) is 1.42. The number of ether oxygens (including phenoxy) is 2. The van der Waals surface area contributed by atoms with Crippen LogP contribution in [0.3, 0.4) is 0 Å². The molecule has 0 saturated carbocycles. The van der Waals surface area contributed by atoms with Gasteiger partial charge < -0.3 is 25.0 Å². The van der Waals surface area contributed by atoms with Gasteiger partial charge in [0.2, 0.25) is 0 Å². The summed E-state index contributed by atoms with van der Waals surface area (Å²) in [4.78, 5) is 9.39. The molecule has 2 saturated heterocycles. The van der Waals surface area contributed by atoms with Gasteiger partial charge in [-0.25, -0.2) is 0 Å². The summed E-state index contributed by atoms with van der Waals surface area (Å²) in [6, 6.07) is 8.95. The Morgan fingerprint density at radius 1 is 1.10 bits per heavy atom. The predicted molar refractivity (Wildman–Crippen MR) is 126 cm³/mol. The number of piperazine rings is 1. The van der Waals surface area contributed by atoms with Gasteiger partial charge in [0.1, 0.15) is 0 Å². The standard InChI is InChI=1S/C24H41N5O2/c1-3-28-11-13-29(14-12-28)18-22-7-5-21(6-8-22)17-27-24(25-2)26-10-4-15-30-19-23-9-16-31-20-23/h5-8,23H,3-4,9-20H2,1-2H3,(H2,25,26,27). The van der Waals surface area contributed by atoms with Crippen LogP contribution in [0.2, 0.25) is 0 Å². The van der Waals surface area contributed by atoms with Gasteiger partial charge in [0.15, 0.2) is 5.96 Å². The van der Waals surface area contributed by atoms with Crippen molar-refractivity contribution in [2.24, 2.45) is 10.9 Å². The number of hydrogen-bond acceptors (Lipinski definition) is 5. The number of hydrogen-bond donors (Lipinski definition) is 2. The average Bonchev–Trinajstić information content (AvgIpc) is 3.33. The van der Waals surface area contributed by atoms with Crippen LogP contribution in [0.1, 0.15) is 30.9 Å². The minimum absolute atomic E-state index is 0.583. The van der Waals surface area contributed by atoms with E-state index in [2.05, 4.69) is 56.6 Å². The van der Waals surface area contributed by atoms with E-state index in [9.17, 15) is 0 Å². The van der Waals surface area contributed by atoms with Crippen LogP contribution in [-0.2, 0) is 22.6 Å². The fourth-order valence-electron chi connectivity index (χ4n) is 4.04. The van der Waals surface area contributed by atoms with E-state index in [1.807, 2.05) is 7.05 Å². The second kappa shape index (κ2) is 13.7. The zero-order valence-corrected chi connectivity index (χ0v) is 19.4. The molecule has 174 valence electrons. The fourth-order valence-corrected chi connectivity index (χ4v) is 4.04. The van der Waals surface area contributed by atoms with Crippen molar-refractivity contribution >= 4 is 5.96 Å². The Kier molecular flexibility index (Phi) is 10.6. The van der Waals surface area contributed by atoms with Gasteiger partial charge in [-0.1, -0.05) is 31.2 Å². The van der Waals surface area contributed by atoms with Crippen molar-refractivity contribution in [2.75, 3.05) is 72.7 Å². The normalized spacial score (nSPS) is 20.8. The number of rotatable bonds is 11. The molecule has 2 aliphatic heterocycles. The Morgan fingerprint density at radius 2 is 1.84 bits per heavy atom. The number of benzene rings is 1. The van der Waals surface area contributed by atoms with Crippen molar-refractivity contribution in [1.82, 2.24) is 20.4 Å². The van der Waals surface area contributed by atoms with Gasteiger partial charge in [-0.2, -0.15) is 0 Å².